The molecule has 2 aromatic rings. The zero-order valence-corrected chi connectivity index (χ0v) is 11.5. The lowest BCUT2D eigenvalue weighted by Gasteiger charge is -2.11. The number of hydrogen-bond donors (Lipinski definition) is 2. The van der Waals surface area contributed by atoms with Crippen LogP contribution in [0.5, 0.6) is 0 Å². The molecular weight excluding hydrogens is 276 g/mol. The number of carbonyl (C=O) groups excluding carboxylic acids is 1. The summed E-state index contributed by atoms with van der Waals surface area (Å²) >= 11 is 0. The van der Waals surface area contributed by atoms with Crippen molar-refractivity contribution in [2.24, 2.45) is 0 Å². The van der Waals surface area contributed by atoms with Gasteiger partial charge in [-0.25, -0.2) is 13.8 Å². The van der Waals surface area contributed by atoms with E-state index < -0.39 is 17.5 Å². The van der Waals surface area contributed by atoms with Gasteiger partial charge < -0.3 is 10.6 Å². The molecule has 110 valence electrons. The highest BCUT2D eigenvalue weighted by atomic mass is 19.1. The van der Waals surface area contributed by atoms with Crippen molar-refractivity contribution in [1.29, 1.82) is 0 Å². The Balaban J connectivity index is 2.23. The highest BCUT2D eigenvalue weighted by Crippen LogP contribution is 2.17. The molecule has 0 atom stereocenters. The molecule has 0 aliphatic heterocycles. The first kappa shape index (κ1) is 14.9. The third-order valence-electron chi connectivity index (χ3n) is 2.72. The molecule has 0 aliphatic rings. The first-order valence-electron chi connectivity index (χ1n) is 6.56. The van der Waals surface area contributed by atoms with Crippen LogP contribution >= 0.6 is 0 Å². The summed E-state index contributed by atoms with van der Waals surface area (Å²) in [5, 5.41) is 5.47. The number of halogens is 2. The average molecular weight is 291 g/mol. The van der Waals surface area contributed by atoms with E-state index in [0.717, 1.165) is 18.7 Å². The SMILES string of the molecule is CCCNc1ncc(F)cc1C(=O)Nc1cccc(F)c1. The molecular formula is C15H15F2N3O. The van der Waals surface area contributed by atoms with Gasteiger partial charge in [0.25, 0.3) is 5.91 Å². The molecule has 1 aromatic carbocycles. The largest absolute Gasteiger partial charge is 0.369 e. The standard InChI is InChI=1S/C15H15F2N3O/c1-2-6-18-14-13(8-11(17)9-19-14)15(21)20-12-5-3-4-10(16)7-12/h3-5,7-9H,2,6H2,1H3,(H,18,19)(H,20,21). The van der Waals surface area contributed by atoms with Crippen molar-refractivity contribution in [3.8, 4) is 0 Å². The highest BCUT2D eigenvalue weighted by Gasteiger charge is 2.14. The predicted octanol–water partition coefficient (Wildman–Crippen LogP) is 3.43. The van der Waals surface area contributed by atoms with Gasteiger partial charge in [-0.2, -0.15) is 0 Å². The van der Waals surface area contributed by atoms with Crippen LogP contribution in [0.15, 0.2) is 36.5 Å². The summed E-state index contributed by atoms with van der Waals surface area (Å²) in [5.74, 6) is -1.32. The summed E-state index contributed by atoms with van der Waals surface area (Å²) in [6.07, 6.45) is 1.88. The summed E-state index contributed by atoms with van der Waals surface area (Å²) in [6, 6.07) is 6.58. The Morgan fingerprint density at radius 2 is 2.05 bits per heavy atom. The molecule has 0 saturated carbocycles. The van der Waals surface area contributed by atoms with Crippen LogP contribution in [0.2, 0.25) is 0 Å². The van der Waals surface area contributed by atoms with E-state index in [9.17, 15) is 13.6 Å². The van der Waals surface area contributed by atoms with Gasteiger partial charge in [0, 0.05) is 12.2 Å². The molecule has 1 aromatic heterocycles. The smallest absolute Gasteiger partial charge is 0.259 e. The van der Waals surface area contributed by atoms with Crippen molar-refractivity contribution in [1.82, 2.24) is 4.98 Å². The van der Waals surface area contributed by atoms with Crippen molar-refractivity contribution in [3.63, 3.8) is 0 Å². The van der Waals surface area contributed by atoms with Crippen LogP contribution in [0, 0.1) is 11.6 Å². The zero-order valence-electron chi connectivity index (χ0n) is 11.5. The molecule has 2 N–H and O–H groups in total. The second-order valence-electron chi connectivity index (χ2n) is 4.44. The van der Waals surface area contributed by atoms with Crippen LogP contribution in [-0.2, 0) is 0 Å². The van der Waals surface area contributed by atoms with Gasteiger partial charge >= 0.3 is 0 Å². The van der Waals surface area contributed by atoms with Gasteiger partial charge in [-0.15, -0.1) is 0 Å². The molecule has 4 nitrogen and oxygen atoms in total. The fraction of sp³-hybridized carbons (Fsp3) is 0.200. The maximum absolute atomic E-state index is 13.3. The molecule has 0 unspecified atom stereocenters. The summed E-state index contributed by atoms with van der Waals surface area (Å²) in [6.45, 7) is 2.57. The molecule has 21 heavy (non-hydrogen) atoms. The van der Waals surface area contributed by atoms with Crippen LogP contribution in [-0.4, -0.2) is 17.4 Å². The van der Waals surface area contributed by atoms with Gasteiger partial charge in [0.05, 0.1) is 11.8 Å². The minimum atomic E-state index is -0.610. The summed E-state index contributed by atoms with van der Waals surface area (Å²) < 4.78 is 26.4. The van der Waals surface area contributed by atoms with E-state index in [1.807, 2.05) is 6.92 Å². The second kappa shape index (κ2) is 6.78. The van der Waals surface area contributed by atoms with Crippen LogP contribution in [0.25, 0.3) is 0 Å². The number of hydrogen-bond acceptors (Lipinski definition) is 3. The Morgan fingerprint density at radius 1 is 1.24 bits per heavy atom. The van der Waals surface area contributed by atoms with Crippen LogP contribution < -0.4 is 10.6 Å². The van der Waals surface area contributed by atoms with Gasteiger partial charge in [0.15, 0.2) is 0 Å². The van der Waals surface area contributed by atoms with Gasteiger partial charge in [0.1, 0.15) is 17.5 Å². The lowest BCUT2D eigenvalue weighted by molar-refractivity contribution is 0.102. The lowest BCUT2D eigenvalue weighted by atomic mass is 10.2. The summed E-state index contributed by atoms with van der Waals surface area (Å²) in [5.41, 5.74) is 0.374. The van der Waals surface area contributed by atoms with Crippen LogP contribution in [0.1, 0.15) is 23.7 Å². The Morgan fingerprint density at radius 3 is 2.76 bits per heavy atom. The average Bonchev–Trinajstić information content (AvgIpc) is 2.46. The fourth-order valence-electron chi connectivity index (χ4n) is 1.76. The molecule has 0 saturated heterocycles. The molecule has 1 heterocycles. The zero-order chi connectivity index (χ0) is 15.2. The summed E-state index contributed by atoms with van der Waals surface area (Å²) in [4.78, 5) is 16.1. The molecule has 0 fully saturated rings. The Labute approximate surface area is 121 Å². The van der Waals surface area contributed by atoms with E-state index in [0.29, 0.717) is 18.1 Å². The van der Waals surface area contributed by atoms with Crippen molar-refractivity contribution in [2.75, 3.05) is 17.2 Å². The normalized spacial score (nSPS) is 10.2. The number of benzene rings is 1. The molecule has 0 bridgehead atoms. The quantitative estimate of drug-likeness (QED) is 0.887. The number of anilines is 2. The molecule has 0 radical (unpaired) electrons. The van der Waals surface area contributed by atoms with E-state index in [-0.39, 0.29) is 5.56 Å². The fourth-order valence-corrected chi connectivity index (χ4v) is 1.76. The van der Waals surface area contributed by atoms with Gasteiger partial charge in [-0.3, -0.25) is 4.79 Å². The van der Waals surface area contributed by atoms with Crippen molar-refractivity contribution < 1.29 is 13.6 Å². The number of rotatable bonds is 5. The molecule has 1 amide bonds. The lowest BCUT2D eigenvalue weighted by Crippen LogP contribution is -2.16. The van der Waals surface area contributed by atoms with Crippen molar-refractivity contribution in [2.45, 2.75) is 13.3 Å². The predicted molar refractivity (Wildman–Crippen MR) is 77.3 cm³/mol. The minimum Gasteiger partial charge on any atom is -0.369 e. The number of nitrogens with zero attached hydrogens (tertiary/aromatic N) is 1. The number of nitrogens with one attached hydrogen (secondary N) is 2. The topological polar surface area (TPSA) is 54.0 Å². The molecule has 0 spiro atoms. The minimum absolute atomic E-state index is 0.0766. The maximum atomic E-state index is 13.3. The van der Waals surface area contributed by atoms with Crippen molar-refractivity contribution >= 4 is 17.4 Å². The van der Waals surface area contributed by atoms with Gasteiger partial charge in [0.2, 0.25) is 0 Å². The third-order valence-corrected chi connectivity index (χ3v) is 2.72. The van der Waals surface area contributed by atoms with Gasteiger partial charge in [-0.1, -0.05) is 13.0 Å². The van der Waals surface area contributed by atoms with E-state index in [1.165, 1.54) is 18.2 Å². The van der Waals surface area contributed by atoms with E-state index in [1.54, 1.807) is 6.07 Å². The number of aromatic nitrogens is 1. The van der Waals surface area contributed by atoms with Crippen LogP contribution in [0.3, 0.4) is 0 Å². The molecule has 6 heteroatoms. The van der Waals surface area contributed by atoms with Gasteiger partial charge in [-0.05, 0) is 30.7 Å². The van der Waals surface area contributed by atoms with Crippen LogP contribution in [0.4, 0.5) is 20.3 Å². The Bertz CT molecular complexity index is 647. The first-order valence-corrected chi connectivity index (χ1v) is 6.56. The van der Waals surface area contributed by atoms with E-state index >= 15 is 0 Å². The maximum Gasteiger partial charge on any atom is 0.259 e. The highest BCUT2D eigenvalue weighted by molar-refractivity contribution is 6.07. The Hall–Kier alpha value is -2.50. The van der Waals surface area contributed by atoms with E-state index in [4.69, 9.17) is 0 Å². The van der Waals surface area contributed by atoms with Crippen molar-refractivity contribution in [3.05, 3.63) is 53.7 Å². The summed E-state index contributed by atoms with van der Waals surface area (Å²) in [7, 11) is 0. The second-order valence-corrected chi connectivity index (χ2v) is 4.44. The number of pyridine rings is 1. The number of amides is 1. The molecule has 0 aliphatic carbocycles. The monoisotopic (exact) mass is 291 g/mol. The first-order chi connectivity index (χ1) is 10.1. The number of carbonyl (C=O) groups is 1. The third kappa shape index (κ3) is 3.98. The molecule has 2 rings (SSSR count). The Kier molecular flexibility index (Phi) is 4.81. The van der Waals surface area contributed by atoms with E-state index in [2.05, 4.69) is 15.6 Å².